The molecule has 0 aliphatic heterocycles. The van der Waals surface area contributed by atoms with Crippen LogP contribution in [0.1, 0.15) is 5.56 Å². The van der Waals surface area contributed by atoms with Crippen LogP contribution in [0.2, 0.25) is 0 Å². The van der Waals surface area contributed by atoms with E-state index in [-0.39, 0.29) is 11.4 Å². The zero-order chi connectivity index (χ0) is 18.4. The fourth-order valence-electron chi connectivity index (χ4n) is 2.32. The minimum atomic E-state index is -0.505. The van der Waals surface area contributed by atoms with Gasteiger partial charge in [0, 0.05) is 0 Å². The number of nitro groups is 1. The molecule has 0 aliphatic carbocycles. The molecule has 26 heavy (non-hydrogen) atoms. The van der Waals surface area contributed by atoms with Crippen molar-refractivity contribution >= 4 is 5.69 Å². The Kier molecular flexibility index (Phi) is 5.34. The van der Waals surface area contributed by atoms with Gasteiger partial charge in [0.2, 0.25) is 5.75 Å². The molecule has 0 fully saturated rings. The number of hydrogen-bond donors (Lipinski definition) is 0. The second-order valence-corrected chi connectivity index (χ2v) is 5.44. The van der Waals surface area contributed by atoms with Crippen molar-refractivity contribution in [3.63, 3.8) is 0 Å². The first-order valence-electron chi connectivity index (χ1n) is 7.93. The largest absolute Gasteiger partial charge is 0.496 e. The summed E-state index contributed by atoms with van der Waals surface area (Å²) >= 11 is 0. The molecule has 0 aromatic heterocycles. The summed E-state index contributed by atoms with van der Waals surface area (Å²) in [5, 5.41) is 11.2. The summed E-state index contributed by atoms with van der Waals surface area (Å²) < 4.78 is 16.4. The van der Waals surface area contributed by atoms with E-state index in [4.69, 9.17) is 14.2 Å². The van der Waals surface area contributed by atoms with E-state index in [2.05, 4.69) is 0 Å². The van der Waals surface area contributed by atoms with Crippen molar-refractivity contribution in [3.05, 3.63) is 88.5 Å². The number of rotatable bonds is 7. The lowest BCUT2D eigenvalue weighted by molar-refractivity contribution is -0.385. The number of nitrogens with zero attached hydrogens (tertiary/aromatic N) is 1. The first-order chi connectivity index (χ1) is 12.7. The van der Waals surface area contributed by atoms with Gasteiger partial charge in [-0.1, -0.05) is 30.3 Å². The van der Waals surface area contributed by atoms with Crippen molar-refractivity contribution in [2.45, 2.75) is 6.61 Å². The third-order valence-corrected chi connectivity index (χ3v) is 3.66. The molecule has 132 valence electrons. The maximum absolute atomic E-state index is 11.2. The SMILES string of the molecule is COc1ccc(Oc2ccc(OCc3ccccc3)cc2)c([N+](=O)[O-])c1. The van der Waals surface area contributed by atoms with Crippen LogP contribution in [0.15, 0.2) is 72.8 Å². The molecule has 3 aromatic rings. The maximum atomic E-state index is 11.2. The Morgan fingerprint density at radius 1 is 0.885 bits per heavy atom. The van der Waals surface area contributed by atoms with E-state index in [0.717, 1.165) is 5.56 Å². The van der Waals surface area contributed by atoms with Crippen molar-refractivity contribution in [2.75, 3.05) is 7.11 Å². The van der Waals surface area contributed by atoms with Crippen LogP contribution >= 0.6 is 0 Å². The minimum absolute atomic E-state index is 0.147. The molecule has 0 saturated carbocycles. The van der Waals surface area contributed by atoms with Gasteiger partial charge in [-0.3, -0.25) is 10.1 Å². The highest BCUT2D eigenvalue weighted by Crippen LogP contribution is 2.34. The van der Waals surface area contributed by atoms with Gasteiger partial charge in [-0.25, -0.2) is 0 Å². The molecule has 0 aliphatic rings. The van der Waals surface area contributed by atoms with Crippen molar-refractivity contribution in [1.29, 1.82) is 0 Å². The molecule has 0 unspecified atom stereocenters. The van der Waals surface area contributed by atoms with Crippen LogP contribution in [0.4, 0.5) is 5.69 Å². The molecule has 0 saturated heterocycles. The molecule has 3 rings (SSSR count). The summed E-state index contributed by atoms with van der Waals surface area (Å²) in [7, 11) is 1.45. The molecule has 0 bridgehead atoms. The average Bonchev–Trinajstić information content (AvgIpc) is 2.68. The molecule has 0 amide bonds. The molecule has 6 heteroatoms. The second-order valence-electron chi connectivity index (χ2n) is 5.44. The van der Waals surface area contributed by atoms with Crippen LogP contribution in [-0.4, -0.2) is 12.0 Å². The van der Waals surface area contributed by atoms with Crippen LogP contribution in [0.25, 0.3) is 0 Å². The smallest absolute Gasteiger partial charge is 0.315 e. The van der Waals surface area contributed by atoms with E-state index in [1.165, 1.54) is 19.2 Å². The zero-order valence-corrected chi connectivity index (χ0v) is 14.1. The summed E-state index contributed by atoms with van der Waals surface area (Å²) in [4.78, 5) is 10.7. The van der Waals surface area contributed by atoms with E-state index in [1.807, 2.05) is 30.3 Å². The first kappa shape index (κ1) is 17.3. The minimum Gasteiger partial charge on any atom is -0.496 e. The van der Waals surface area contributed by atoms with Crippen LogP contribution in [0.3, 0.4) is 0 Å². The zero-order valence-electron chi connectivity index (χ0n) is 14.1. The standard InChI is InChI=1S/C20H17NO5/c1-24-18-11-12-20(19(13-18)21(22)23)26-17-9-7-16(8-10-17)25-14-15-5-3-2-4-6-15/h2-13H,14H2,1H3. The summed E-state index contributed by atoms with van der Waals surface area (Å²) in [6.07, 6.45) is 0. The Bertz CT molecular complexity index is 878. The van der Waals surface area contributed by atoms with Gasteiger partial charge < -0.3 is 14.2 Å². The highest BCUT2D eigenvalue weighted by molar-refractivity contribution is 5.52. The van der Waals surface area contributed by atoms with Gasteiger partial charge >= 0.3 is 5.69 Å². The molecular weight excluding hydrogens is 334 g/mol. The number of methoxy groups -OCH3 is 1. The Labute approximate surface area is 150 Å². The van der Waals surface area contributed by atoms with Gasteiger partial charge in [0.05, 0.1) is 18.1 Å². The van der Waals surface area contributed by atoms with Crippen molar-refractivity contribution in [3.8, 4) is 23.0 Å². The average molecular weight is 351 g/mol. The molecule has 0 atom stereocenters. The van der Waals surface area contributed by atoms with Gasteiger partial charge in [-0.15, -0.1) is 0 Å². The van der Waals surface area contributed by atoms with Crippen LogP contribution < -0.4 is 14.2 Å². The van der Waals surface area contributed by atoms with E-state index < -0.39 is 4.92 Å². The van der Waals surface area contributed by atoms with Crippen LogP contribution in [-0.2, 0) is 6.61 Å². The highest BCUT2D eigenvalue weighted by Gasteiger charge is 2.17. The quantitative estimate of drug-likeness (QED) is 0.444. The molecule has 3 aromatic carbocycles. The number of ether oxygens (including phenoxy) is 3. The fourth-order valence-corrected chi connectivity index (χ4v) is 2.32. The predicted molar refractivity (Wildman–Crippen MR) is 96.9 cm³/mol. The van der Waals surface area contributed by atoms with Crippen molar-refractivity contribution < 1.29 is 19.1 Å². The topological polar surface area (TPSA) is 70.8 Å². The lowest BCUT2D eigenvalue weighted by atomic mass is 10.2. The third kappa shape index (κ3) is 4.30. The third-order valence-electron chi connectivity index (χ3n) is 3.66. The van der Waals surface area contributed by atoms with E-state index in [1.54, 1.807) is 30.3 Å². The van der Waals surface area contributed by atoms with Gasteiger partial charge in [0.1, 0.15) is 23.9 Å². The molecule has 0 heterocycles. The lowest BCUT2D eigenvalue weighted by Gasteiger charge is -2.09. The van der Waals surface area contributed by atoms with Gasteiger partial charge in [0.15, 0.2) is 0 Å². The molecule has 6 nitrogen and oxygen atoms in total. The van der Waals surface area contributed by atoms with Gasteiger partial charge in [-0.2, -0.15) is 0 Å². The normalized spacial score (nSPS) is 10.2. The van der Waals surface area contributed by atoms with Crippen LogP contribution in [0, 0.1) is 10.1 Å². The van der Waals surface area contributed by atoms with Crippen molar-refractivity contribution in [1.82, 2.24) is 0 Å². The monoisotopic (exact) mass is 351 g/mol. The second kappa shape index (κ2) is 8.02. The Hall–Kier alpha value is -3.54. The highest BCUT2D eigenvalue weighted by atomic mass is 16.6. The first-order valence-corrected chi connectivity index (χ1v) is 7.93. The fraction of sp³-hybridized carbons (Fsp3) is 0.100. The Morgan fingerprint density at radius 2 is 1.54 bits per heavy atom. The molecule has 0 radical (unpaired) electrons. The number of nitro benzene ring substituents is 1. The summed E-state index contributed by atoms with van der Waals surface area (Å²) in [5.41, 5.74) is 0.912. The molecule has 0 N–H and O–H groups in total. The van der Waals surface area contributed by atoms with E-state index in [9.17, 15) is 10.1 Å². The van der Waals surface area contributed by atoms with E-state index >= 15 is 0 Å². The van der Waals surface area contributed by atoms with Crippen molar-refractivity contribution in [2.24, 2.45) is 0 Å². The van der Waals surface area contributed by atoms with Gasteiger partial charge in [0.25, 0.3) is 0 Å². The van der Waals surface area contributed by atoms with E-state index in [0.29, 0.717) is 23.9 Å². The predicted octanol–water partition coefficient (Wildman–Crippen LogP) is 4.97. The number of benzene rings is 3. The lowest BCUT2D eigenvalue weighted by Crippen LogP contribution is -1.96. The van der Waals surface area contributed by atoms with Crippen LogP contribution in [0.5, 0.6) is 23.0 Å². The maximum Gasteiger partial charge on any atom is 0.315 e. The summed E-state index contributed by atoms with van der Waals surface area (Å²) in [5.74, 6) is 1.71. The summed E-state index contributed by atoms with van der Waals surface area (Å²) in [6, 6.07) is 21.2. The van der Waals surface area contributed by atoms with Gasteiger partial charge in [-0.05, 0) is 42.0 Å². The summed E-state index contributed by atoms with van der Waals surface area (Å²) in [6.45, 7) is 0.463. The number of hydrogen-bond acceptors (Lipinski definition) is 5. The Morgan fingerprint density at radius 3 is 2.19 bits per heavy atom. The molecule has 0 spiro atoms. The Balaban J connectivity index is 1.68. The molecular formula is C20H17NO5.